The minimum atomic E-state index is -0.0723. The molecule has 0 radical (unpaired) electrons. The molecule has 1 atom stereocenters. The van der Waals surface area contributed by atoms with Crippen LogP contribution in [-0.2, 0) is 0 Å². The van der Waals surface area contributed by atoms with Crippen molar-refractivity contribution in [1.82, 2.24) is 9.36 Å². The third-order valence-corrected chi connectivity index (χ3v) is 4.56. The average Bonchev–Trinajstić information content (AvgIpc) is 2.83. The topological polar surface area (TPSA) is 61.0 Å². The van der Waals surface area contributed by atoms with Crippen molar-refractivity contribution >= 4 is 23.3 Å². The van der Waals surface area contributed by atoms with Crippen molar-refractivity contribution in [3.05, 3.63) is 35.7 Å². The Labute approximate surface area is 121 Å². The summed E-state index contributed by atoms with van der Waals surface area (Å²) in [4.78, 5) is 4.32. The standard InChI is InChI=1S/C13H17N3OS2/c1-3-17-12-7-5-4-6-10(12)11(14)8-18-13-15-9(2)16-19-13/h4-7,11H,3,8,14H2,1-2H3. The summed E-state index contributed by atoms with van der Waals surface area (Å²) in [5, 5.41) is 0. The summed E-state index contributed by atoms with van der Waals surface area (Å²) in [5.41, 5.74) is 7.28. The van der Waals surface area contributed by atoms with Crippen molar-refractivity contribution < 1.29 is 4.74 Å². The number of nitrogens with two attached hydrogens (primary N) is 1. The van der Waals surface area contributed by atoms with Gasteiger partial charge in [-0.15, -0.1) is 0 Å². The number of aryl methyl sites for hydroxylation is 1. The zero-order valence-corrected chi connectivity index (χ0v) is 12.6. The van der Waals surface area contributed by atoms with Crippen LogP contribution in [0.5, 0.6) is 5.75 Å². The average molecular weight is 295 g/mol. The van der Waals surface area contributed by atoms with Gasteiger partial charge < -0.3 is 10.5 Å². The lowest BCUT2D eigenvalue weighted by molar-refractivity contribution is 0.335. The van der Waals surface area contributed by atoms with Gasteiger partial charge in [0, 0.05) is 17.4 Å². The first-order chi connectivity index (χ1) is 9.20. The highest BCUT2D eigenvalue weighted by molar-refractivity contribution is 8.00. The maximum atomic E-state index is 6.24. The lowest BCUT2D eigenvalue weighted by Gasteiger charge is -2.15. The maximum Gasteiger partial charge on any atom is 0.170 e. The van der Waals surface area contributed by atoms with Gasteiger partial charge in [0.05, 0.1) is 6.61 Å². The van der Waals surface area contributed by atoms with Gasteiger partial charge in [-0.3, -0.25) is 0 Å². The summed E-state index contributed by atoms with van der Waals surface area (Å²) in [6.45, 7) is 4.51. The first kappa shape index (κ1) is 14.3. The number of aromatic nitrogens is 2. The molecule has 1 unspecified atom stereocenters. The quantitative estimate of drug-likeness (QED) is 0.830. The van der Waals surface area contributed by atoms with Crippen molar-refractivity contribution in [2.45, 2.75) is 24.2 Å². The van der Waals surface area contributed by atoms with E-state index >= 15 is 0 Å². The van der Waals surface area contributed by atoms with E-state index in [1.807, 2.05) is 38.1 Å². The predicted molar refractivity (Wildman–Crippen MR) is 79.9 cm³/mol. The maximum absolute atomic E-state index is 6.24. The minimum Gasteiger partial charge on any atom is -0.494 e. The highest BCUT2D eigenvalue weighted by Crippen LogP contribution is 2.29. The van der Waals surface area contributed by atoms with E-state index < -0.39 is 0 Å². The molecule has 0 spiro atoms. The Morgan fingerprint density at radius 3 is 2.89 bits per heavy atom. The fourth-order valence-electron chi connectivity index (χ4n) is 1.66. The fourth-order valence-corrected chi connectivity index (χ4v) is 3.31. The number of rotatable bonds is 6. The van der Waals surface area contributed by atoms with Crippen molar-refractivity contribution in [3.63, 3.8) is 0 Å². The smallest absolute Gasteiger partial charge is 0.170 e. The molecule has 2 N–H and O–H groups in total. The third-order valence-electron chi connectivity index (χ3n) is 2.51. The lowest BCUT2D eigenvalue weighted by atomic mass is 10.1. The molecule has 1 aromatic carbocycles. The molecule has 0 saturated carbocycles. The van der Waals surface area contributed by atoms with E-state index in [0.29, 0.717) is 6.61 Å². The second-order valence-electron chi connectivity index (χ2n) is 4.00. The van der Waals surface area contributed by atoms with Crippen LogP contribution in [0.25, 0.3) is 0 Å². The SMILES string of the molecule is CCOc1ccccc1C(N)CSc1nc(C)ns1. The van der Waals surface area contributed by atoms with E-state index in [1.165, 1.54) is 11.5 Å². The Bertz CT molecular complexity index is 530. The van der Waals surface area contributed by atoms with Crippen molar-refractivity contribution in [2.75, 3.05) is 12.4 Å². The monoisotopic (exact) mass is 295 g/mol. The molecule has 19 heavy (non-hydrogen) atoms. The Morgan fingerprint density at radius 1 is 1.42 bits per heavy atom. The molecular formula is C13H17N3OS2. The van der Waals surface area contributed by atoms with E-state index in [9.17, 15) is 0 Å². The summed E-state index contributed by atoms with van der Waals surface area (Å²) in [6.07, 6.45) is 0. The van der Waals surface area contributed by atoms with Crippen molar-refractivity contribution in [2.24, 2.45) is 5.73 Å². The Hall–Kier alpha value is -1.11. The van der Waals surface area contributed by atoms with Gasteiger partial charge in [0.25, 0.3) is 0 Å². The van der Waals surface area contributed by atoms with Crippen LogP contribution in [-0.4, -0.2) is 21.7 Å². The third kappa shape index (κ3) is 3.92. The predicted octanol–water partition coefficient (Wildman–Crippen LogP) is 3.04. The second-order valence-corrected chi connectivity index (χ2v) is 6.01. The van der Waals surface area contributed by atoms with Crippen LogP contribution in [0, 0.1) is 6.92 Å². The largest absolute Gasteiger partial charge is 0.494 e. The molecule has 0 aliphatic carbocycles. The summed E-state index contributed by atoms with van der Waals surface area (Å²) < 4.78 is 10.7. The number of hydrogen-bond acceptors (Lipinski definition) is 6. The molecule has 1 heterocycles. The number of para-hydroxylation sites is 1. The number of benzene rings is 1. The van der Waals surface area contributed by atoms with Crippen molar-refractivity contribution in [1.29, 1.82) is 0 Å². The molecule has 102 valence electrons. The summed E-state index contributed by atoms with van der Waals surface area (Å²) in [7, 11) is 0. The van der Waals surface area contributed by atoms with Crippen LogP contribution >= 0.6 is 23.3 Å². The molecule has 0 aliphatic heterocycles. The molecule has 0 saturated heterocycles. The van der Waals surface area contributed by atoms with Gasteiger partial charge >= 0.3 is 0 Å². The molecule has 1 aromatic heterocycles. The zero-order chi connectivity index (χ0) is 13.7. The second kappa shape index (κ2) is 6.88. The molecule has 0 fully saturated rings. The highest BCUT2D eigenvalue weighted by atomic mass is 32.2. The molecule has 4 nitrogen and oxygen atoms in total. The van der Waals surface area contributed by atoms with Gasteiger partial charge in [0.1, 0.15) is 11.6 Å². The zero-order valence-electron chi connectivity index (χ0n) is 11.0. The van der Waals surface area contributed by atoms with Crippen LogP contribution in [0.3, 0.4) is 0 Å². The number of hydrogen-bond donors (Lipinski definition) is 1. The van der Waals surface area contributed by atoms with E-state index in [0.717, 1.165) is 27.2 Å². The lowest BCUT2D eigenvalue weighted by Crippen LogP contribution is -2.14. The van der Waals surface area contributed by atoms with Crippen LogP contribution in [0.15, 0.2) is 28.6 Å². The molecule has 0 bridgehead atoms. The van der Waals surface area contributed by atoms with E-state index in [-0.39, 0.29) is 6.04 Å². The molecule has 6 heteroatoms. The Balaban J connectivity index is 2.01. The van der Waals surface area contributed by atoms with E-state index in [2.05, 4.69) is 9.36 Å². The van der Waals surface area contributed by atoms with Crippen molar-refractivity contribution in [3.8, 4) is 5.75 Å². The summed E-state index contributed by atoms with van der Waals surface area (Å²) in [6, 6.07) is 7.84. The molecular weight excluding hydrogens is 278 g/mol. The highest BCUT2D eigenvalue weighted by Gasteiger charge is 2.13. The summed E-state index contributed by atoms with van der Waals surface area (Å²) in [5.74, 6) is 2.45. The number of thioether (sulfide) groups is 1. The first-order valence-corrected chi connectivity index (χ1v) is 7.87. The first-order valence-electron chi connectivity index (χ1n) is 6.11. The van der Waals surface area contributed by atoms with E-state index in [1.54, 1.807) is 11.8 Å². The van der Waals surface area contributed by atoms with E-state index in [4.69, 9.17) is 10.5 Å². The Morgan fingerprint density at radius 2 is 2.21 bits per heavy atom. The fraction of sp³-hybridized carbons (Fsp3) is 0.385. The minimum absolute atomic E-state index is 0.0723. The molecule has 2 rings (SSSR count). The van der Waals surface area contributed by atoms with Gasteiger partial charge in [-0.25, -0.2) is 4.98 Å². The van der Waals surface area contributed by atoms with Crippen LogP contribution in [0.1, 0.15) is 24.4 Å². The molecule has 0 amide bonds. The van der Waals surface area contributed by atoms with Crippen LogP contribution in [0.2, 0.25) is 0 Å². The number of ether oxygens (including phenoxy) is 1. The number of nitrogens with zero attached hydrogens (tertiary/aromatic N) is 2. The van der Waals surface area contributed by atoms with Gasteiger partial charge in [0.15, 0.2) is 4.34 Å². The van der Waals surface area contributed by atoms with Crippen LogP contribution < -0.4 is 10.5 Å². The normalized spacial score (nSPS) is 12.4. The summed E-state index contributed by atoms with van der Waals surface area (Å²) >= 11 is 3.05. The van der Waals surface area contributed by atoms with Gasteiger partial charge in [-0.05, 0) is 31.4 Å². The molecule has 2 aromatic rings. The van der Waals surface area contributed by atoms with Gasteiger partial charge in [0.2, 0.25) is 0 Å². The Kier molecular flexibility index (Phi) is 5.18. The van der Waals surface area contributed by atoms with Gasteiger partial charge in [-0.2, -0.15) is 4.37 Å². The molecule has 0 aliphatic rings. The van der Waals surface area contributed by atoms with Gasteiger partial charge in [-0.1, -0.05) is 30.0 Å². The van der Waals surface area contributed by atoms with Crippen LogP contribution in [0.4, 0.5) is 0 Å².